The number of anilines is 1. The first-order chi connectivity index (χ1) is 8.04. The molecule has 17 heavy (non-hydrogen) atoms. The van der Waals surface area contributed by atoms with Gasteiger partial charge in [0.25, 0.3) is 0 Å². The van der Waals surface area contributed by atoms with Crippen molar-refractivity contribution in [1.82, 2.24) is 0 Å². The average molecular weight is 255 g/mol. The lowest BCUT2D eigenvalue weighted by atomic mass is 10.1. The minimum absolute atomic E-state index is 0.123. The van der Waals surface area contributed by atoms with Crippen molar-refractivity contribution in [2.75, 3.05) is 25.3 Å². The molecule has 0 unspecified atom stereocenters. The molecule has 0 spiro atoms. The molecule has 0 aliphatic heterocycles. The first-order valence-electron chi connectivity index (χ1n) is 5.18. The molecule has 1 aromatic rings. The van der Waals surface area contributed by atoms with Gasteiger partial charge >= 0.3 is 0 Å². The summed E-state index contributed by atoms with van der Waals surface area (Å²) in [5, 5.41) is 2.73. The summed E-state index contributed by atoms with van der Waals surface area (Å²) in [6.45, 7) is 3.87. The zero-order valence-electron chi connectivity index (χ0n) is 10.5. The number of amides is 1. The van der Waals surface area contributed by atoms with E-state index < -0.39 is 0 Å². The van der Waals surface area contributed by atoms with Gasteiger partial charge in [-0.2, -0.15) is 12.6 Å². The Labute approximate surface area is 107 Å². The van der Waals surface area contributed by atoms with Crippen LogP contribution in [0.1, 0.15) is 11.1 Å². The zero-order valence-corrected chi connectivity index (χ0v) is 11.4. The van der Waals surface area contributed by atoms with Crippen LogP contribution in [0.4, 0.5) is 5.69 Å². The Morgan fingerprint density at radius 3 is 2.41 bits per heavy atom. The number of hydrogen-bond acceptors (Lipinski definition) is 4. The SMILES string of the molecule is COc1cc(NC(=O)CS)c(OC)c(C)c1C. The molecule has 1 amide bonds. The first kappa shape index (κ1) is 13.7. The fourth-order valence-electron chi connectivity index (χ4n) is 1.62. The van der Waals surface area contributed by atoms with E-state index in [0.29, 0.717) is 11.4 Å². The van der Waals surface area contributed by atoms with Crippen LogP contribution in [0.15, 0.2) is 6.07 Å². The van der Waals surface area contributed by atoms with Crippen molar-refractivity contribution in [3.63, 3.8) is 0 Å². The van der Waals surface area contributed by atoms with Crippen molar-refractivity contribution in [2.45, 2.75) is 13.8 Å². The van der Waals surface area contributed by atoms with Crippen LogP contribution in [-0.4, -0.2) is 25.9 Å². The van der Waals surface area contributed by atoms with Crippen molar-refractivity contribution in [2.24, 2.45) is 0 Å². The first-order valence-corrected chi connectivity index (χ1v) is 5.81. The van der Waals surface area contributed by atoms with E-state index in [0.717, 1.165) is 16.9 Å². The second-order valence-corrected chi connectivity index (χ2v) is 3.93. The highest BCUT2D eigenvalue weighted by atomic mass is 32.1. The molecule has 0 aromatic heterocycles. The minimum atomic E-state index is -0.183. The van der Waals surface area contributed by atoms with E-state index in [1.54, 1.807) is 20.3 Å². The number of benzene rings is 1. The zero-order chi connectivity index (χ0) is 13.0. The van der Waals surface area contributed by atoms with Crippen molar-refractivity contribution in [3.8, 4) is 11.5 Å². The standard InChI is InChI=1S/C12H17NO3S/c1-7-8(2)12(16-4)9(5-10(7)15-3)13-11(14)6-17/h5,17H,6H2,1-4H3,(H,13,14). The maximum Gasteiger partial charge on any atom is 0.234 e. The second-order valence-electron chi connectivity index (χ2n) is 3.62. The van der Waals surface area contributed by atoms with Crippen LogP contribution in [0.5, 0.6) is 11.5 Å². The Bertz CT molecular complexity index is 432. The number of carbonyl (C=O) groups is 1. The lowest BCUT2D eigenvalue weighted by molar-refractivity contribution is -0.113. The fraction of sp³-hybridized carbons (Fsp3) is 0.417. The second kappa shape index (κ2) is 5.82. The molecular weight excluding hydrogens is 238 g/mol. The van der Waals surface area contributed by atoms with E-state index in [9.17, 15) is 4.79 Å². The van der Waals surface area contributed by atoms with Gasteiger partial charge in [0, 0.05) is 6.07 Å². The Hall–Kier alpha value is -1.36. The summed E-state index contributed by atoms with van der Waals surface area (Å²) in [6.07, 6.45) is 0. The van der Waals surface area contributed by atoms with E-state index >= 15 is 0 Å². The molecule has 1 N–H and O–H groups in total. The number of thiol groups is 1. The van der Waals surface area contributed by atoms with E-state index in [1.165, 1.54) is 0 Å². The van der Waals surface area contributed by atoms with Crippen LogP contribution in [0.25, 0.3) is 0 Å². The lowest BCUT2D eigenvalue weighted by Gasteiger charge is -2.17. The predicted octanol–water partition coefficient (Wildman–Crippen LogP) is 2.19. The number of rotatable bonds is 4. The van der Waals surface area contributed by atoms with Gasteiger partial charge in [0.05, 0.1) is 25.7 Å². The van der Waals surface area contributed by atoms with E-state index in [2.05, 4.69) is 17.9 Å². The maximum absolute atomic E-state index is 11.4. The Kier molecular flexibility index (Phi) is 4.69. The maximum atomic E-state index is 11.4. The number of carbonyl (C=O) groups excluding carboxylic acids is 1. The van der Waals surface area contributed by atoms with Crippen molar-refractivity contribution >= 4 is 24.2 Å². The molecular formula is C12H17NO3S. The Morgan fingerprint density at radius 2 is 1.94 bits per heavy atom. The lowest BCUT2D eigenvalue weighted by Crippen LogP contribution is -2.14. The van der Waals surface area contributed by atoms with Crippen LogP contribution in [0.2, 0.25) is 0 Å². The van der Waals surface area contributed by atoms with Crippen LogP contribution in [-0.2, 0) is 4.79 Å². The predicted molar refractivity (Wildman–Crippen MR) is 71.5 cm³/mol. The molecule has 0 aliphatic carbocycles. The van der Waals surface area contributed by atoms with Gasteiger partial charge in [-0.1, -0.05) is 0 Å². The van der Waals surface area contributed by atoms with Gasteiger partial charge in [0.2, 0.25) is 5.91 Å². The third kappa shape index (κ3) is 2.85. The normalized spacial score (nSPS) is 9.94. The highest BCUT2D eigenvalue weighted by Gasteiger charge is 2.15. The Morgan fingerprint density at radius 1 is 1.29 bits per heavy atom. The molecule has 1 aromatic carbocycles. The summed E-state index contributed by atoms with van der Waals surface area (Å²) in [6, 6.07) is 1.75. The molecule has 94 valence electrons. The average Bonchev–Trinajstić information content (AvgIpc) is 2.33. The van der Waals surface area contributed by atoms with E-state index in [4.69, 9.17) is 9.47 Å². The molecule has 0 saturated carbocycles. The van der Waals surface area contributed by atoms with Gasteiger partial charge in [-0.3, -0.25) is 4.79 Å². The highest BCUT2D eigenvalue weighted by Crippen LogP contribution is 2.36. The van der Waals surface area contributed by atoms with Gasteiger partial charge in [-0.05, 0) is 25.0 Å². The van der Waals surface area contributed by atoms with Gasteiger partial charge in [0.1, 0.15) is 11.5 Å². The number of ether oxygens (including phenoxy) is 2. The summed E-state index contributed by atoms with van der Waals surface area (Å²) in [4.78, 5) is 11.4. The van der Waals surface area contributed by atoms with E-state index in [-0.39, 0.29) is 11.7 Å². The number of hydrogen-bond donors (Lipinski definition) is 2. The molecule has 5 heteroatoms. The molecule has 4 nitrogen and oxygen atoms in total. The van der Waals surface area contributed by atoms with Gasteiger partial charge in [-0.25, -0.2) is 0 Å². The Balaban J connectivity index is 3.27. The number of nitrogens with one attached hydrogen (secondary N) is 1. The molecule has 0 fully saturated rings. The molecule has 1 rings (SSSR count). The largest absolute Gasteiger partial charge is 0.496 e. The van der Waals surface area contributed by atoms with Crippen LogP contribution < -0.4 is 14.8 Å². The van der Waals surface area contributed by atoms with Crippen LogP contribution in [0.3, 0.4) is 0 Å². The molecule has 0 bridgehead atoms. The molecule has 0 radical (unpaired) electrons. The van der Waals surface area contributed by atoms with Crippen molar-refractivity contribution in [1.29, 1.82) is 0 Å². The third-order valence-corrected chi connectivity index (χ3v) is 2.92. The summed E-state index contributed by atoms with van der Waals surface area (Å²) in [5.74, 6) is 1.31. The van der Waals surface area contributed by atoms with Crippen LogP contribution >= 0.6 is 12.6 Å². The third-order valence-electron chi connectivity index (χ3n) is 2.63. The molecule has 0 heterocycles. The molecule has 0 atom stereocenters. The summed E-state index contributed by atoms with van der Waals surface area (Å²) in [5.41, 5.74) is 2.54. The van der Waals surface area contributed by atoms with Crippen LogP contribution in [0, 0.1) is 13.8 Å². The number of methoxy groups -OCH3 is 2. The summed E-state index contributed by atoms with van der Waals surface area (Å²) in [7, 11) is 3.17. The minimum Gasteiger partial charge on any atom is -0.496 e. The van der Waals surface area contributed by atoms with Gasteiger partial charge < -0.3 is 14.8 Å². The summed E-state index contributed by atoms with van der Waals surface area (Å²) >= 11 is 3.92. The van der Waals surface area contributed by atoms with Crippen molar-refractivity contribution < 1.29 is 14.3 Å². The molecule has 0 saturated heterocycles. The fourth-order valence-corrected chi connectivity index (χ4v) is 1.70. The quantitative estimate of drug-likeness (QED) is 0.811. The smallest absolute Gasteiger partial charge is 0.234 e. The summed E-state index contributed by atoms with van der Waals surface area (Å²) < 4.78 is 10.6. The van der Waals surface area contributed by atoms with Crippen molar-refractivity contribution in [3.05, 3.63) is 17.2 Å². The topological polar surface area (TPSA) is 47.6 Å². The van der Waals surface area contributed by atoms with Gasteiger partial charge in [-0.15, -0.1) is 0 Å². The van der Waals surface area contributed by atoms with E-state index in [1.807, 2.05) is 13.8 Å². The van der Waals surface area contributed by atoms with Gasteiger partial charge in [0.15, 0.2) is 0 Å². The molecule has 0 aliphatic rings. The monoisotopic (exact) mass is 255 g/mol. The highest BCUT2D eigenvalue weighted by molar-refractivity contribution is 7.81.